The lowest BCUT2D eigenvalue weighted by molar-refractivity contribution is -0.139. The third-order valence-electron chi connectivity index (χ3n) is 2.86. The van der Waals surface area contributed by atoms with Gasteiger partial charge in [-0.25, -0.2) is 0 Å². The van der Waals surface area contributed by atoms with Crippen LogP contribution in [0.1, 0.15) is 51.4 Å². The Morgan fingerprint density at radius 1 is 0.864 bits per heavy atom. The Hall–Kier alpha value is -1.28. The molecule has 0 fully saturated rings. The summed E-state index contributed by atoms with van der Waals surface area (Å²) >= 11 is 3.79. The van der Waals surface area contributed by atoms with Crippen LogP contribution in [0.3, 0.4) is 0 Å². The van der Waals surface area contributed by atoms with Crippen molar-refractivity contribution in [1.29, 1.82) is 0 Å². The van der Waals surface area contributed by atoms with Gasteiger partial charge >= 0.3 is 17.9 Å². The van der Waals surface area contributed by atoms with Crippen molar-refractivity contribution >= 4 is 30.5 Å². The van der Waals surface area contributed by atoms with E-state index in [-0.39, 0.29) is 12.8 Å². The van der Waals surface area contributed by atoms with Crippen molar-refractivity contribution in [3.63, 3.8) is 0 Å². The molecule has 0 amide bonds. The van der Waals surface area contributed by atoms with E-state index in [1.807, 2.05) is 0 Å². The maximum Gasteiger partial charge on any atom is 0.321 e. The van der Waals surface area contributed by atoms with E-state index in [1.54, 1.807) is 7.05 Å². The third kappa shape index (κ3) is 18.7. The number of carboxylic acids is 3. The summed E-state index contributed by atoms with van der Waals surface area (Å²) in [6.45, 7) is 0. The first-order valence-electron chi connectivity index (χ1n) is 7.29. The van der Waals surface area contributed by atoms with Gasteiger partial charge in [-0.2, -0.15) is 12.6 Å². The molecule has 0 aromatic carbocycles. The fourth-order valence-corrected chi connectivity index (χ4v) is 1.89. The first-order chi connectivity index (χ1) is 10.3. The quantitative estimate of drug-likeness (QED) is 0.272. The molecule has 0 saturated heterocycles. The highest BCUT2D eigenvalue weighted by Gasteiger charge is 2.10. The normalized spacial score (nSPS) is 11.2. The lowest BCUT2D eigenvalue weighted by Crippen LogP contribution is -2.35. The zero-order chi connectivity index (χ0) is 17.4. The minimum absolute atomic E-state index is 0.245. The van der Waals surface area contributed by atoms with Crippen LogP contribution in [0.4, 0.5) is 0 Å². The first kappa shape index (κ1) is 23.0. The number of carbonyl (C=O) groups is 3. The second-order valence-corrected chi connectivity index (χ2v) is 5.14. The minimum atomic E-state index is -0.859. The summed E-state index contributed by atoms with van der Waals surface area (Å²) in [5.74, 6) is -2.01. The number of aliphatic carboxylic acids is 3. The van der Waals surface area contributed by atoms with Crippen LogP contribution < -0.4 is 5.32 Å². The van der Waals surface area contributed by atoms with E-state index in [0.717, 1.165) is 38.5 Å². The van der Waals surface area contributed by atoms with Crippen LogP contribution in [0.15, 0.2) is 0 Å². The van der Waals surface area contributed by atoms with Crippen molar-refractivity contribution in [2.45, 2.75) is 57.4 Å². The molecule has 0 radical (unpaired) electrons. The molecule has 0 bridgehead atoms. The molecule has 130 valence electrons. The van der Waals surface area contributed by atoms with E-state index in [1.165, 1.54) is 0 Å². The van der Waals surface area contributed by atoms with Crippen molar-refractivity contribution < 1.29 is 29.7 Å². The summed E-state index contributed by atoms with van der Waals surface area (Å²) in [6.07, 6.45) is 5.82. The smallest absolute Gasteiger partial charge is 0.321 e. The maximum atomic E-state index is 10.1. The van der Waals surface area contributed by atoms with Crippen molar-refractivity contribution in [3.8, 4) is 0 Å². The molecular weight excluding hydrogens is 310 g/mol. The monoisotopic (exact) mass is 337 g/mol. The number of nitrogens with one attached hydrogen (secondary N) is 1. The van der Waals surface area contributed by atoms with Gasteiger partial charge in [0.1, 0.15) is 6.04 Å². The molecule has 0 unspecified atom stereocenters. The molecule has 1 atom stereocenters. The number of hydrogen-bond acceptors (Lipinski definition) is 5. The number of thiol groups is 1. The molecule has 0 rings (SSSR count). The molecule has 0 aliphatic rings. The predicted octanol–water partition coefficient (Wildman–Crippen LogP) is 1.87. The SMILES string of the molecule is CN[C@@H](CS)C(=O)O.O=C(O)CCCCCCCCC(=O)O. The number of rotatable bonds is 12. The van der Waals surface area contributed by atoms with E-state index in [2.05, 4.69) is 17.9 Å². The van der Waals surface area contributed by atoms with Crippen LogP contribution in [0.25, 0.3) is 0 Å². The Bertz CT molecular complexity index is 300. The maximum absolute atomic E-state index is 10.1. The highest BCUT2D eigenvalue weighted by Crippen LogP contribution is 2.08. The topological polar surface area (TPSA) is 124 Å². The molecule has 0 aliphatic heterocycles. The van der Waals surface area contributed by atoms with Gasteiger partial charge in [-0.05, 0) is 19.9 Å². The molecule has 0 aromatic heterocycles. The van der Waals surface area contributed by atoms with Gasteiger partial charge in [0.15, 0.2) is 0 Å². The van der Waals surface area contributed by atoms with Gasteiger partial charge < -0.3 is 20.6 Å². The van der Waals surface area contributed by atoms with Crippen molar-refractivity contribution in [2.75, 3.05) is 12.8 Å². The highest BCUT2D eigenvalue weighted by atomic mass is 32.1. The van der Waals surface area contributed by atoms with Crippen LogP contribution in [0, 0.1) is 0 Å². The molecule has 7 nitrogen and oxygen atoms in total. The van der Waals surface area contributed by atoms with Crippen LogP contribution in [-0.4, -0.2) is 52.1 Å². The standard InChI is InChI=1S/C10H18O4.C4H9NO2S/c11-9(12)7-5-3-1-2-4-6-8-10(13)14;1-5-3(2-8)4(6)7/h1-8H2,(H,11,12)(H,13,14);3,5,8H,2H2,1H3,(H,6,7)/t;3-/m.0/s1. The summed E-state index contributed by atoms with van der Waals surface area (Å²) in [7, 11) is 1.59. The van der Waals surface area contributed by atoms with Crippen LogP contribution in [0.5, 0.6) is 0 Å². The van der Waals surface area contributed by atoms with Gasteiger partial charge in [0.05, 0.1) is 0 Å². The Balaban J connectivity index is 0. The van der Waals surface area contributed by atoms with E-state index in [9.17, 15) is 14.4 Å². The average molecular weight is 337 g/mol. The van der Waals surface area contributed by atoms with E-state index in [0.29, 0.717) is 5.75 Å². The second kappa shape index (κ2) is 16.1. The van der Waals surface area contributed by atoms with Gasteiger partial charge in [-0.15, -0.1) is 0 Å². The van der Waals surface area contributed by atoms with Crippen molar-refractivity contribution in [3.05, 3.63) is 0 Å². The molecule has 0 heterocycles. The minimum Gasteiger partial charge on any atom is -0.481 e. The van der Waals surface area contributed by atoms with E-state index < -0.39 is 23.9 Å². The van der Waals surface area contributed by atoms with Gasteiger partial charge in [-0.3, -0.25) is 14.4 Å². The molecule has 0 aliphatic carbocycles. The van der Waals surface area contributed by atoms with Crippen LogP contribution in [0.2, 0.25) is 0 Å². The molecule has 0 saturated carbocycles. The fourth-order valence-electron chi connectivity index (χ4n) is 1.55. The van der Waals surface area contributed by atoms with E-state index in [4.69, 9.17) is 15.3 Å². The van der Waals surface area contributed by atoms with Crippen LogP contribution in [-0.2, 0) is 14.4 Å². The summed E-state index contributed by atoms with van der Waals surface area (Å²) in [6, 6.07) is -0.515. The summed E-state index contributed by atoms with van der Waals surface area (Å²) in [4.78, 5) is 30.3. The Labute approximate surface area is 136 Å². The molecule has 8 heteroatoms. The summed E-state index contributed by atoms with van der Waals surface area (Å²) in [5.41, 5.74) is 0. The first-order valence-corrected chi connectivity index (χ1v) is 7.92. The Kier molecular flexibility index (Phi) is 16.8. The number of hydrogen-bond donors (Lipinski definition) is 5. The van der Waals surface area contributed by atoms with Crippen molar-refractivity contribution in [2.24, 2.45) is 0 Å². The predicted molar refractivity (Wildman–Crippen MR) is 86.5 cm³/mol. The Morgan fingerprint density at radius 2 is 1.23 bits per heavy atom. The summed E-state index contributed by atoms with van der Waals surface area (Å²) in [5, 5.41) is 27.5. The van der Waals surface area contributed by atoms with Gasteiger partial charge in [-0.1, -0.05) is 25.7 Å². The molecule has 0 spiro atoms. The number of likely N-dealkylation sites (N-methyl/N-ethyl adjacent to an activating group) is 1. The van der Waals surface area contributed by atoms with Gasteiger partial charge in [0, 0.05) is 18.6 Å². The number of unbranched alkanes of at least 4 members (excludes halogenated alkanes) is 5. The van der Waals surface area contributed by atoms with Crippen LogP contribution >= 0.6 is 12.6 Å². The third-order valence-corrected chi connectivity index (χ3v) is 3.23. The fraction of sp³-hybridized carbons (Fsp3) is 0.786. The van der Waals surface area contributed by atoms with Gasteiger partial charge in [0.2, 0.25) is 0 Å². The zero-order valence-electron chi connectivity index (χ0n) is 13.0. The number of carboxylic acid groups (broad SMARTS) is 3. The zero-order valence-corrected chi connectivity index (χ0v) is 13.8. The Morgan fingerprint density at radius 3 is 1.41 bits per heavy atom. The lowest BCUT2D eigenvalue weighted by atomic mass is 10.1. The van der Waals surface area contributed by atoms with Gasteiger partial charge in [0.25, 0.3) is 0 Å². The average Bonchev–Trinajstić information content (AvgIpc) is 2.43. The highest BCUT2D eigenvalue weighted by molar-refractivity contribution is 7.80. The second-order valence-electron chi connectivity index (χ2n) is 4.77. The molecule has 22 heavy (non-hydrogen) atoms. The summed E-state index contributed by atoms with van der Waals surface area (Å²) < 4.78 is 0. The molecule has 4 N–H and O–H groups in total. The lowest BCUT2D eigenvalue weighted by Gasteiger charge is -2.04. The largest absolute Gasteiger partial charge is 0.481 e. The van der Waals surface area contributed by atoms with E-state index >= 15 is 0 Å². The molecular formula is C14H27NO6S. The van der Waals surface area contributed by atoms with Crippen molar-refractivity contribution in [1.82, 2.24) is 5.32 Å². The molecule has 0 aromatic rings.